The number of esters is 1. The second-order valence-electron chi connectivity index (χ2n) is 2.51. The Morgan fingerprint density at radius 3 is 2.75 bits per heavy atom. The van der Waals surface area contributed by atoms with Crippen LogP contribution in [-0.2, 0) is 14.3 Å². The number of hydrogen-bond acceptors (Lipinski definition) is 4. The summed E-state index contributed by atoms with van der Waals surface area (Å²) in [4.78, 5) is 21.2. The molecule has 0 rings (SSSR count). The molecule has 12 heavy (non-hydrogen) atoms. The molecule has 0 spiro atoms. The maximum atomic E-state index is 11.0. The van der Waals surface area contributed by atoms with E-state index in [4.69, 9.17) is 0 Å². The third-order valence-corrected chi connectivity index (χ3v) is 1.66. The predicted molar refractivity (Wildman–Crippen MR) is 44.7 cm³/mol. The van der Waals surface area contributed by atoms with Crippen molar-refractivity contribution < 1.29 is 14.3 Å². The van der Waals surface area contributed by atoms with Gasteiger partial charge in [0, 0.05) is 6.42 Å². The lowest BCUT2D eigenvalue weighted by molar-refractivity contribution is -0.146. The standard InChI is InChI=1S/C8H15NO3/c1-9-5-3-7(4-6-10)8(11)12-2/h6-7,9H,3-5H2,1-2H3. The maximum absolute atomic E-state index is 11.0. The molecule has 0 aliphatic rings. The Balaban J connectivity index is 3.84. The predicted octanol–water partition coefficient (Wildman–Crippen LogP) is -0.0259. The van der Waals surface area contributed by atoms with E-state index in [0.717, 1.165) is 6.29 Å². The van der Waals surface area contributed by atoms with Gasteiger partial charge in [-0.05, 0) is 20.0 Å². The number of rotatable bonds is 6. The largest absolute Gasteiger partial charge is 0.469 e. The Hall–Kier alpha value is -0.900. The molecular weight excluding hydrogens is 158 g/mol. The van der Waals surface area contributed by atoms with Gasteiger partial charge >= 0.3 is 5.97 Å². The molecule has 0 aromatic heterocycles. The minimum Gasteiger partial charge on any atom is -0.469 e. The molecular formula is C8H15NO3. The Bertz CT molecular complexity index is 147. The normalized spacial score (nSPS) is 12.2. The van der Waals surface area contributed by atoms with Crippen molar-refractivity contribution >= 4 is 12.3 Å². The van der Waals surface area contributed by atoms with Crippen LogP contribution in [0.5, 0.6) is 0 Å². The van der Waals surface area contributed by atoms with Gasteiger partial charge in [0.05, 0.1) is 13.0 Å². The van der Waals surface area contributed by atoms with Crippen LogP contribution >= 0.6 is 0 Å². The van der Waals surface area contributed by atoms with Gasteiger partial charge in [-0.15, -0.1) is 0 Å². The lowest BCUT2D eigenvalue weighted by atomic mass is 10.0. The number of hydrogen-bond donors (Lipinski definition) is 1. The summed E-state index contributed by atoms with van der Waals surface area (Å²) >= 11 is 0. The summed E-state index contributed by atoms with van der Waals surface area (Å²) in [5.41, 5.74) is 0. The number of aldehydes is 1. The van der Waals surface area contributed by atoms with Gasteiger partial charge in [0.2, 0.25) is 0 Å². The Labute approximate surface area is 72.3 Å². The van der Waals surface area contributed by atoms with E-state index in [1.54, 1.807) is 7.05 Å². The summed E-state index contributed by atoms with van der Waals surface area (Å²) in [6.45, 7) is 0.716. The lowest BCUT2D eigenvalue weighted by Gasteiger charge is -2.10. The van der Waals surface area contributed by atoms with Crippen LogP contribution in [0.4, 0.5) is 0 Å². The van der Waals surface area contributed by atoms with Crippen molar-refractivity contribution in [3.05, 3.63) is 0 Å². The number of ether oxygens (including phenoxy) is 1. The Kier molecular flexibility index (Phi) is 6.28. The van der Waals surface area contributed by atoms with Gasteiger partial charge in [0.25, 0.3) is 0 Å². The average Bonchev–Trinajstić information content (AvgIpc) is 2.11. The first-order valence-electron chi connectivity index (χ1n) is 3.92. The van der Waals surface area contributed by atoms with Crippen molar-refractivity contribution in [3.63, 3.8) is 0 Å². The molecule has 0 amide bonds. The zero-order chi connectivity index (χ0) is 9.40. The second kappa shape index (κ2) is 6.79. The van der Waals surface area contributed by atoms with Crippen molar-refractivity contribution in [1.29, 1.82) is 0 Å². The summed E-state index contributed by atoms with van der Waals surface area (Å²) in [6, 6.07) is 0. The molecule has 0 heterocycles. The first-order valence-corrected chi connectivity index (χ1v) is 3.92. The van der Waals surface area contributed by atoms with E-state index >= 15 is 0 Å². The quantitative estimate of drug-likeness (QED) is 0.453. The minimum absolute atomic E-state index is 0.244. The van der Waals surface area contributed by atoms with Gasteiger partial charge in [-0.25, -0.2) is 0 Å². The van der Waals surface area contributed by atoms with Crippen LogP contribution in [0.15, 0.2) is 0 Å². The second-order valence-corrected chi connectivity index (χ2v) is 2.51. The van der Waals surface area contributed by atoms with Crippen molar-refractivity contribution in [2.24, 2.45) is 5.92 Å². The molecule has 1 N–H and O–H groups in total. The Morgan fingerprint density at radius 1 is 1.67 bits per heavy atom. The molecule has 0 aromatic rings. The smallest absolute Gasteiger partial charge is 0.309 e. The highest BCUT2D eigenvalue weighted by molar-refractivity contribution is 5.75. The van der Waals surface area contributed by atoms with Gasteiger partial charge in [-0.3, -0.25) is 4.79 Å². The number of carbonyl (C=O) groups excluding carboxylic acids is 2. The molecule has 4 nitrogen and oxygen atoms in total. The third kappa shape index (κ3) is 4.08. The Morgan fingerprint density at radius 2 is 2.33 bits per heavy atom. The van der Waals surface area contributed by atoms with Gasteiger partial charge in [0.1, 0.15) is 6.29 Å². The summed E-state index contributed by atoms with van der Waals surface area (Å²) in [5.74, 6) is -0.600. The highest BCUT2D eigenvalue weighted by atomic mass is 16.5. The van der Waals surface area contributed by atoms with Crippen LogP contribution in [0, 0.1) is 5.92 Å². The third-order valence-electron chi connectivity index (χ3n) is 1.66. The number of carbonyl (C=O) groups is 2. The van der Waals surface area contributed by atoms with Crippen molar-refractivity contribution in [1.82, 2.24) is 5.32 Å². The molecule has 0 radical (unpaired) electrons. The van der Waals surface area contributed by atoms with Crippen LogP contribution in [0.25, 0.3) is 0 Å². The van der Waals surface area contributed by atoms with Crippen molar-refractivity contribution in [2.75, 3.05) is 20.7 Å². The average molecular weight is 173 g/mol. The molecule has 70 valence electrons. The van der Waals surface area contributed by atoms with Crippen LogP contribution in [0.2, 0.25) is 0 Å². The summed E-state index contributed by atoms with van der Waals surface area (Å²) < 4.78 is 4.54. The SMILES string of the molecule is CNCCC(CC=O)C(=O)OC. The monoisotopic (exact) mass is 173 g/mol. The van der Waals surface area contributed by atoms with Crippen LogP contribution < -0.4 is 5.32 Å². The molecule has 0 aliphatic heterocycles. The fourth-order valence-corrected chi connectivity index (χ4v) is 0.933. The fraction of sp³-hybridized carbons (Fsp3) is 0.750. The highest BCUT2D eigenvalue weighted by Gasteiger charge is 2.17. The summed E-state index contributed by atoms with van der Waals surface area (Å²) in [7, 11) is 3.13. The van der Waals surface area contributed by atoms with Crippen molar-refractivity contribution in [3.8, 4) is 0 Å². The van der Waals surface area contributed by atoms with Crippen LogP contribution in [0.1, 0.15) is 12.8 Å². The van der Waals surface area contributed by atoms with E-state index in [1.807, 2.05) is 0 Å². The number of methoxy groups -OCH3 is 1. The maximum Gasteiger partial charge on any atom is 0.309 e. The summed E-state index contributed by atoms with van der Waals surface area (Å²) in [5, 5.41) is 2.91. The van der Waals surface area contributed by atoms with E-state index in [0.29, 0.717) is 13.0 Å². The fourth-order valence-electron chi connectivity index (χ4n) is 0.933. The van der Waals surface area contributed by atoms with Gasteiger partial charge in [0.15, 0.2) is 0 Å². The molecule has 0 fully saturated rings. The molecule has 0 saturated heterocycles. The topological polar surface area (TPSA) is 55.4 Å². The van der Waals surface area contributed by atoms with Gasteiger partial charge < -0.3 is 14.8 Å². The minimum atomic E-state index is -0.308. The van der Waals surface area contributed by atoms with Crippen LogP contribution in [0.3, 0.4) is 0 Å². The van der Waals surface area contributed by atoms with Gasteiger partial charge in [-0.2, -0.15) is 0 Å². The van der Waals surface area contributed by atoms with Crippen LogP contribution in [-0.4, -0.2) is 33.0 Å². The summed E-state index contributed by atoms with van der Waals surface area (Å²) in [6.07, 6.45) is 1.63. The lowest BCUT2D eigenvalue weighted by Crippen LogP contribution is -2.21. The first kappa shape index (κ1) is 11.1. The molecule has 0 aromatic carbocycles. The molecule has 4 heteroatoms. The van der Waals surface area contributed by atoms with E-state index in [1.165, 1.54) is 7.11 Å². The zero-order valence-corrected chi connectivity index (χ0v) is 7.50. The van der Waals surface area contributed by atoms with Gasteiger partial charge in [-0.1, -0.05) is 0 Å². The zero-order valence-electron chi connectivity index (χ0n) is 7.50. The van der Waals surface area contributed by atoms with E-state index < -0.39 is 0 Å². The van der Waals surface area contributed by atoms with E-state index in [2.05, 4.69) is 10.1 Å². The molecule has 1 unspecified atom stereocenters. The molecule has 0 aliphatic carbocycles. The van der Waals surface area contributed by atoms with E-state index in [9.17, 15) is 9.59 Å². The number of nitrogens with one attached hydrogen (secondary N) is 1. The highest BCUT2D eigenvalue weighted by Crippen LogP contribution is 2.07. The molecule has 0 bridgehead atoms. The van der Waals surface area contributed by atoms with E-state index in [-0.39, 0.29) is 18.3 Å². The molecule has 1 atom stereocenters. The molecule has 0 saturated carbocycles. The van der Waals surface area contributed by atoms with Crippen molar-refractivity contribution in [2.45, 2.75) is 12.8 Å². The first-order chi connectivity index (χ1) is 5.76.